The Bertz CT molecular complexity index is 490. The number of phenols is 1. The lowest BCUT2D eigenvalue weighted by atomic mass is 10.1. The monoisotopic (exact) mass is 285 g/mol. The summed E-state index contributed by atoms with van der Waals surface area (Å²) in [6.07, 6.45) is 0. The molecule has 1 aromatic carbocycles. The quantitative estimate of drug-likeness (QED) is 0.869. The number of carboxylic acid groups (broad SMARTS) is 1. The van der Waals surface area contributed by atoms with E-state index in [0.29, 0.717) is 11.6 Å². The molecule has 104 valence electrons. The number of phenolic OH excluding ortho intramolecular Hbond substituents is 1. The van der Waals surface area contributed by atoms with E-state index in [0.717, 1.165) is 0 Å². The van der Waals surface area contributed by atoms with Crippen LogP contribution in [0.4, 0.5) is 0 Å². The van der Waals surface area contributed by atoms with Crippen LogP contribution in [0.15, 0.2) is 18.2 Å². The van der Waals surface area contributed by atoms with Crippen LogP contribution >= 0.6 is 11.6 Å². The second kappa shape index (κ2) is 6.43. The standard InChI is InChI=1S/C13H16ClNO4/c1-3-15(7-8(2)13(18)19)12(17)10-5-4-9(14)6-11(10)16/h4-6,8,16H,3,7H2,1-2H3,(H,18,19). The summed E-state index contributed by atoms with van der Waals surface area (Å²) >= 11 is 5.70. The first-order chi connectivity index (χ1) is 8.86. The second-order valence-corrected chi connectivity index (χ2v) is 4.68. The minimum absolute atomic E-state index is 0.0900. The number of carbonyl (C=O) groups excluding carboxylic acids is 1. The molecule has 0 aliphatic rings. The molecule has 2 N–H and O–H groups in total. The zero-order valence-corrected chi connectivity index (χ0v) is 11.5. The average Bonchev–Trinajstić information content (AvgIpc) is 2.34. The summed E-state index contributed by atoms with van der Waals surface area (Å²) in [7, 11) is 0. The Hall–Kier alpha value is -1.75. The maximum atomic E-state index is 12.2. The Labute approximate surface area is 116 Å². The number of amides is 1. The van der Waals surface area contributed by atoms with E-state index in [9.17, 15) is 14.7 Å². The van der Waals surface area contributed by atoms with Gasteiger partial charge < -0.3 is 15.1 Å². The number of carboxylic acids is 1. The number of carbonyl (C=O) groups is 2. The van der Waals surface area contributed by atoms with Crippen molar-refractivity contribution in [1.82, 2.24) is 4.90 Å². The molecule has 0 aliphatic carbocycles. The lowest BCUT2D eigenvalue weighted by molar-refractivity contribution is -0.141. The molecule has 0 aliphatic heterocycles. The van der Waals surface area contributed by atoms with E-state index < -0.39 is 17.8 Å². The van der Waals surface area contributed by atoms with E-state index in [-0.39, 0.29) is 17.9 Å². The number of aromatic hydroxyl groups is 1. The van der Waals surface area contributed by atoms with Gasteiger partial charge in [0.15, 0.2) is 0 Å². The Kier molecular flexibility index (Phi) is 5.18. The molecule has 1 rings (SSSR count). The maximum absolute atomic E-state index is 12.2. The molecule has 0 heterocycles. The predicted molar refractivity (Wildman–Crippen MR) is 71.5 cm³/mol. The van der Waals surface area contributed by atoms with Crippen LogP contribution in [-0.4, -0.2) is 40.1 Å². The van der Waals surface area contributed by atoms with Gasteiger partial charge in [0.05, 0.1) is 11.5 Å². The van der Waals surface area contributed by atoms with Crippen molar-refractivity contribution in [3.8, 4) is 5.75 Å². The lowest BCUT2D eigenvalue weighted by Crippen LogP contribution is -2.36. The van der Waals surface area contributed by atoms with Gasteiger partial charge in [-0.25, -0.2) is 0 Å². The van der Waals surface area contributed by atoms with Gasteiger partial charge in [-0.3, -0.25) is 9.59 Å². The van der Waals surface area contributed by atoms with Gasteiger partial charge in [0.1, 0.15) is 5.75 Å². The van der Waals surface area contributed by atoms with E-state index in [1.54, 1.807) is 6.92 Å². The molecule has 0 bridgehead atoms. The summed E-state index contributed by atoms with van der Waals surface area (Å²) in [5, 5.41) is 18.9. The smallest absolute Gasteiger partial charge is 0.308 e. The first kappa shape index (κ1) is 15.3. The molecule has 0 saturated heterocycles. The van der Waals surface area contributed by atoms with Crippen LogP contribution in [0, 0.1) is 5.92 Å². The molecule has 0 spiro atoms. The molecule has 19 heavy (non-hydrogen) atoms. The average molecular weight is 286 g/mol. The molecule has 1 unspecified atom stereocenters. The third-order valence-corrected chi connectivity index (χ3v) is 3.01. The minimum Gasteiger partial charge on any atom is -0.507 e. The van der Waals surface area contributed by atoms with E-state index in [4.69, 9.17) is 16.7 Å². The Morgan fingerprint density at radius 2 is 2.05 bits per heavy atom. The number of aliphatic carboxylic acids is 1. The summed E-state index contributed by atoms with van der Waals surface area (Å²) in [4.78, 5) is 24.4. The van der Waals surface area contributed by atoms with Gasteiger partial charge >= 0.3 is 5.97 Å². The summed E-state index contributed by atoms with van der Waals surface area (Å²) in [6.45, 7) is 3.73. The highest BCUT2D eigenvalue weighted by Crippen LogP contribution is 2.23. The van der Waals surface area contributed by atoms with Crippen LogP contribution < -0.4 is 0 Å². The van der Waals surface area contributed by atoms with Crippen LogP contribution in [0.1, 0.15) is 24.2 Å². The van der Waals surface area contributed by atoms with Crippen LogP contribution in [0.5, 0.6) is 5.75 Å². The van der Waals surface area contributed by atoms with Crippen molar-refractivity contribution in [2.24, 2.45) is 5.92 Å². The molecular weight excluding hydrogens is 270 g/mol. The van der Waals surface area contributed by atoms with Gasteiger partial charge in [0, 0.05) is 18.1 Å². The van der Waals surface area contributed by atoms with E-state index >= 15 is 0 Å². The molecule has 1 amide bonds. The maximum Gasteiger partial charge on any atom is 0.308 e. The number of halogens is 1. The Morgan fingerprint density at radius 3 is 2.53 bits per heavy atom. The molecule has 5 nitrogen and oxygen atoms in total. The molecular formula is C13H16ClNO4. The van der Waals surface area contributed by atoms with Crippen molar-refractivity contribution in [2.75, 3.05) is 13.1 Å². The lowest BCUT2D eigenvalue weighted by Gasteiger charge is -2.23. The number of rotatable bonds is 5. The molecule has 1 atom stereocenters. The normalized spacial score (nSPS) is 11.9. The van der Waals surface area contributed by atoms with Gasteiger partial charge in [-0.2, -0.15) is 0 Å². The highest BCUT2D eigenvalue weighted by molar-refractivity contribution is 6.30. The number of hydrogen-bond donors (Lipinski definition) is 2. The van der Waals surface area contributed by atoms with Gasteiger partial charge in [-0.05, 0) is 25.1 Å². The zero-order valence-electron chi connectivity index (χ0n) is 10.8. The summed E-state index contributed by atoms with van der Waals surface area (Å²) in [5.74, 6) is -2.26. The van der Waals surface area contributed by atoms with E-state index in [1.165, 1.54) is 30.0 Å². The fourth-order valence-corrected chi connectivity index (χ4v) is 1.79. The summed E-state index contributed by atoms with van der Waals surface area (Å²) < 4.78 is 0. The third kappa shape index (κ3) is 3.86. The number of nitrogens with zero attached hydrogens (tertiary/aromatic N) is 1. The molecule has 0 radical (unpaired) electrons. The topological polar surface area (TPSA) is 77.8 Å². The third-order valence-electron chi connectivity index (χ3n) is 2.77. The highest BCUT2D eigenvalue weighted by Gasteiger charge is 2.22. The Morgan fingerprint density at radius 1 is 1.42 bits per heavy atom. The number of benzene rings is 1. The summed E-state index contributed by atoms with van der Waals surface area (Å²) in [6, 6.07) is 4.21. The minimum atomic E-state index is -0.966. The Balaban J connectivity index is 2.92. The predicted octanol–water partition coefficient (Wildman–Crippen LogP) is 2.23. The fraction of sp³-hybridized carbons (Fsp3) is 0.385. The second-order valence-electron chi connectivity index (χ2n) is 4.24. The first-order valence-corrected chi connectivity index (χ1v) is 6.25. The van der Waals surface area contributed by atoms with Crippen LogP contribution in [0.2, 0.25) is 5.02 Å². The zero-order chi connectivity index (χ0) is 14.6. The number of hydrogen-bond acceptors (Lipinski definition) is 3. The fourth-order valence-electron chi connectivity index (χ4n) is 1.62. The van der Waals surface area contributed by atoms with Crippen molar-refractivity contribution in [3.05, 3.63) is 28.8 Å². The molecule has 0 aromatic heterocycles. The molecule has 0 fully saturated rings. The van der Waals surface area contributed by atoms with Crippen LogP contribution in [0.3, 0.4) is 0 Å². The first-order valence-electron chi connectivity index (χ1n) is 5.87. The van der Waals surface area contributed by atoms with Crippen molar-refractivity contribution in [3.63, 3.8) is 0 Å². The van der Waals surface area contributed by atoms with Gasteiger partial charge in [-0.1, -0.05) is 18.5 Å². The van der Waals surface area contributed by atoms with E-state index in [1.807, 2.05) is 0 Å². The van der Waals surface area contributed by atoms with Crippen molar-refractivity contribution in [2.45, 2.75) is 13.8 Å². The molecule has 6 heteroatoms. The van der Waals surface area contributed by atoms with Crippen molar-refractivity contribution in [1.29, 1.82) is 0 Å². The molecule has 1 aromatic rings. The van der Waals surface area contributed by atoms with Crippen molar-refractivity contribution >= 4 is 23.5 Å². The largest absolute Gasteiger partial charge is 0.507 e. The van der Waals surface area contributed by atoms with Gasteiger partial charge in [-0.15, -0.1) is 0 Å². The van der Waals surface area contributed by atoms with Gasteiger partial charge in [0.2, 0.25) is 0 Å². The van der Waals surface area contributed by atoms with Crippen LogP contribution in [0.25, 0.3) is 0 Å². The van der Waals surface area contributed by atoms with E-state index in [2.05, 4.69) is 0 Å². The van der Waals surface area contributed by atoms with Gasteiger partial charge in [0.25, 0.3) is 5.91 Å². The summed E-state index contributed by atoms with van der Waals surface area (Å²) in [5.41, 5.74) is 0.115. The SMILES string of the molecule is CCN(CC(C)C(=O)O)C(=O)c1ccc(Cl)cc1O. The highest BCUT2D eigenvalue weighted by atomic mass is 35.5. The van der Waals surface area contributed by atoms with Crippen LogP contribution in [-0.2, 0) is 4.79 Å². The van der Waals surface area contributed by atoms with Crippen molar-refractivity contribution < 1.29 is 19.8 Å². The molecule has 0 saturated carbocycles.